The molecule has 1 amide bonds. The van der Waals surface area contributed by atoms with Gasteiger partial charge in [0.25, 0.3) is 5.91 Å². The zero-order chi connectivity index (χ0) is 28.8. The lowest BCUT2D eigenvalue weighted by Gasteiger charge is -2.40. The van der Waals surface area contributed by atoms with E-state index in [1.54, 1.807) is 12.1 Å². The summed E-state index contributed by atoms with van der Waals surface area (Å²) in [6.07, 6.45) is -0.128. The smallest absolute Gasteiger partial charge is 0.418 e. The molecule has 7 rings (SSSR count). The Labute approximate surface area is 239 Å². The van der Waals surface area contributed by atoms with Crippen LogP contribution in [0.15, 0.2) is 18.3 Å². The molecule has 11 nitrogen and oxygen atoms in total. The molecular weight excluding hydrogens is 555 g/mol. The van der Waals surface area contributed by atoms with E-state index in [1.807, 2.05) is 4.90 Å². The lowest BCUT2D eigenvalue weighted by Crippen LogP contribution is -2.50. The first-order chi connectivity index (χ1) is 20.3. The molecule has 3 aromatic rings. The molecule has 4 aliphatic rings. The van der Waals surface area contributed by atoms with E-state index >= 15 is 0 Å². The molecule has 42 heavy (non-hydrogen) atoms. The number of rotatable bonds is 6. The van der Waals surface area contributed by atoms with Crippen LogP contribution >= 0.6 is 0 Å². The van der Waals surface area contributed by atoms with Crippen molar-refractivity contribution in [2.24, 2.45) is 0 Å². The minimum atomic E-state index is -4.55. The van der Waals surface area contributed by atoms with Gasteiger partial charge in [-0.2, -0.15) is 23.1 Å². The van der Waals surface area contributed by atoms with E-state index in [4.69, 9.17) is 14.2 Å². The van der Waals surface area contributed by atoms with Crippen LogP contribution in [0, 0.1) is 0 Å². The Morgan fingerprint density at radius 3 is 2.40 bits per heavy atom. The first kappa shape index (κ1) is 27.1. The van der Waals surface area contributed by atoms with Gasteiger partial charge in [0, 0.05) is 44.5 Å². The SMILES string of the molecule is O=C(c1ccc(Nc2nc(NC3CC3)c3c(C(F)(F)F)c[nH]c3n2)c2c1OCCO2)N1CCC(N2CCOCC2)CC1. The van der Waals surface area contributed by atoms with E-state index < -0.39 is 11.7 Å². The maximum Gasteiger partial charge on any atom is 0.418 e. The standard InChI is InChI=1S/C28H32F3N7O4/c29-28(30,31)19-15-32-24-21(19)25(33-16-1-2-16)36-27(35-24)34-20-4-3-18(22-23(20)42-14-13-41-22)26(39)38-7-5-17(6-8-38)37-9-11-40-12-10-37/h3-4,15-17H,1-2,5-14H2,(H3,32,33,34,35,36). The van der Waals surface area contributed by atoms with Crippen molar-refractivity contribution in [3.05, 3.63) is 29.5 Å². The Hall–Kier alpha value is -3.78. The Balaban J connectivity index is 1.14. The van der Waals surface area contributed by atoms with Crippen molar-refractivity contribution in [3.63, 3.8) is 0 Å². The Morgan fingerprint density at radius 1 is 0.952 bits per heavy atom. The normalized spacial score (nSPS) is 20.1. The van der Waals surface area contributed by atoms with Gasteiger partial charge >= 0.3 is 6.18 Å². The van der Waals surface area contributed by atoms with Gasteiger partial charge in [0.15, 0.2) is 11.5 Å². The van der Waals surface area contributed by atoms with Gasteiger partial charge in [0.05, 0.1) is 35.4 Å². The highest BCUT2D eigenvalue weighted by Gasteiger charge is 2.37. The number of anilines is 3. The van der Waals surface area contributed by atoms with Gasteiger partial charge in [0.2, 0.25) is 5.95 Å². The summed E-state index contributed by atoms with van der Waals surface area (Å²) in [7, 11) is 0. The van der Waals surface area contributed by atoms with Crippen LogP contribution in [-0.2, 0) is 10.9 Å². The molecule has 0 atom stereocenters. The predicted octanol–water partition coefficient (Wildman–Crippen LogP) is 4.00. The summed E-state index contributed by atoms with van der Waals surface area (Å²) in [6.45, 7) is 5.22. The number of nitrogens with one attached hydrogen (secondary N) is 3. The number of fused-ring (bicyclic) bond motifs is 2. The maximum absolute atomic E-state index is 13.7. The molecule has 0 unspecified atom stereocenters. The van der Waals surface area contributed by atoms with Gasteiger partial charge in [-0.1, -0.05) is 0 Å². The number of hydrogen-bond acceptors (Lipinski definition) is 9. The molecule has 224 valence electrons. The van der Waals surface area contributed by atoms with E-state index in [2.05, 4.69) is 30.5 Å². The van der Waals surface area contributed by atoms with E-state index in [0.29, 0.717) is 41.9 Å². The summed E-state index contributed by atoms with van der Waals surface area (Å²) in [5.41, 5.74) is 0.0952. The van der Waals surface area contributed by atoms with Gasteiger partial charge < -0.3 is 34.7 Å². The van der Waals surface area contributed by atoms with Crippen LogP contribution < -0.4 is 20.1 Å². The molecule has 1 aromatic carbocycles. The topological polar surface area (TPSA) is 117 Å². The molecule has 2 aromatic heterocycles. The molecule has 1 aliphatic carbocycles. The van der Waals surface area contributed by atoms with Crippen LogP contribution in [0.5, 0.6) is 11.5 Å². The number of piperidine rings is 1. The number of hydrogen-bond donors (Lipinski definition) is 3. The third kappa shape index (κ3) is 5.28. The van der Waals surface area contributed by atoms with Crippen LogP contribution in [0.25, 0.3) is 11.0 Å². The summed E-state index contributed by atoms with van der Waals surface area (Å²) in [5, 5.41) is 6.09. The van der Waals surface area contributed by atoms with Crippen molar-refractivity contribution in [1.29, 1.82) is 0 Å². The van der Waals surface area contributed by atoms with Gasteiger partial charge in [-0.25, -0.2) is 0 Å². The summed E-state index contributed by atoms with van der Waals surface area (Å²) in [5.74, 6) is 0.753. The number of carbonyl (C=O) groups is 1. The summed E-state index contributed by atoms with van der Waals surface area (Å²) < 4.78 is 58.4. The van der Waals surface area contributed by atoms with Crippen molar-refractivity contribution in [1.82, 2.24) is 24.8 Å². The minimum absolute atomic E-state index is 0.0568. The third-order valence-corrected chi connectivity index (χ3v) is 8.23. The number of ether oxygens (including phenoxy) is 3. The summed E-state index contributed by atoms with van der Waals surface area (Å²) >= 11 is 0. The van der Waals surface area contributed by atoms with Gasteiger partial charge in [-0.3, -0.25) is 9.69 Å². The largest absolute Gasteiger partial charge is 0.485 e. The Bertz CT molecular complexity index is 1480. The number of amides is 1. The Morgan fingerprint density at radius 2 is 1.69 bits per heavy atom. The second kappa shape index (κ2) is 10.8. The molecule has 2 saturated heterocycles. The first-order valence-electron chi connectivity index (χ1n) is 14.4. The van der Waals surface area contributed by atoms with Crippen LogP contribution in [-0.4, -0.2) is 95.3 Å². The van der Waals surface area contributed by atoms with E-state index in [9.17, 15) is 18.0 Å². The molecule has 5 heterocycles. The molecule has 14 heteroatoms. The number of benzene rings is 1. The summed E-state index contributed by atoms with van der Waals surface area (Å²) in [6, 6.07) is 3.89. The second-order valence-electron chi connectivity index (χ2n) is 11.1. The van der Waals surface area contributed by atoms with Crippen LogP contribution in [0.2, 0.25) is 0 Å². The fourth-order valence-electron chi connectivity index (χ4n) is 5.91. The fraction of sp³-hybridized carbons (Fsp3) is 0.536. The molecule has 3 aliphatic heterocycles. The van der Waals surface area contributed by atoms with E-state index in [0.717, 1.165) is 58.2 Å². The molecular formula is C28H32F3N7O4. The number of likely N-dealkylation sites (tertiary alicyclic amines) is 1. The third-order valence-electron chi connectivity index (χ3n) is 8.23. The number of halogens is 3. The highest BCUT2D eigenvalue weighted by atomic mass is 19.4. The van der Waals surface area contributed by atoms with Gasteiger partial charge in [0.1, 0.15) is 24.7 Å². The lowest BCUT2D eigenvalue weighted by atomic mass is 10.0. The van der Waals surface area contributed by atoms with Crippen molar-refractivity contribution < 1.29 is 32.2 Å². The molecule has 0 bridgehead atoms. The highest BCUT2D eigenvalue weighted by molar-refractivity contribution is 5.99. The molecule has 0 spiro atoms. The van der Waals surface area contributed by atoms with Gasteiger partial charge in [-0.15, -0.1) is 0 Å². The van der Waals surface area contributed by atoms with Crippen LogP contribution in [0.4, 0.5) is 30.6 Å². The van der Waals surface area contributed by atoms with Crippen molar-refractivity contribution in [3.8, 4) is 11.5 Å². The minimum Gasteiger partial charge on any atom is -0.485 e. The van der Waals surface area contributed by atoms with E-state index in [1.165, 1.54) is 0 Å². The number of morpholine rings is 1. The van der Waals surface area contributed by atoms with Gasteiger partial charge in [-0.05, 0) is 37.8 Å². The monoisotopic (exact) mass is 587 g/mol. The molecule has 0 radical (unpaired) electrons. The molecule has 3 fully saturated rings. The quantitative estimate of drug-likeness (QED) is 0.394. The number of carbonyl (C=O) groups excluding carboxylic acids is 1. The maximum atomic E-state index is 13.7. The fourth-order valence-corrected chi connectivity index (χ4v) is 5.91. The van der Waals surface area contributed by atoms with E-state index in [-0.39, 0.29) is 48.0 Å². The number of aromatic nitrogens is 3. The first-order valence-corrected chi connectivity index (χ1v) is 14.4. The summed E-state index contributed by atoms with van der Waals surface area (Å²) in [4.78, 5) is 29.3. The van der Waals surface area contributed by atoms with Crippen molar-refractivity contribution in [2.45, 2.75) is 43.9 Å². The number of alkyl halides is 3. The molecule has 1 saturated carbocycles. The zero-order valence-corrected chi connectivity index (χ0v) is 22.9. The average Bonchev–Trinajstić information content (AvgIpc) is 3.71. The predicted molar refractivity (Wildman–Crippen MR) is 148 cm³/mol. The van der Waals surface area contributed by atoms with Crippen molar-refractivity contribution >= 4 is 34.4 Å². The second-order valence-corrected chi connectivity index (χ2v) is 11.1. The molecule has 3 N–H and O–H groups in total. The number of nitrogens with zero attached hydrogens (tertiary/aromatic N) is 4. The number of aromatic amines is 1. The Kier molecular flexibility index (Phi) is 6.97. The number of H-pyrrole nitrogens is 1. The van der Waals surface area contributed by atoms with Crippen molar-refractivity contribution in [2.75, 3.05) is 63.2 Å². The lowest BCUT2D eigenvalue weighted by molar-refractivity contribution is -0.136. The average molecular weight is 588 g/mol. The van der Waals surface area contributed by atoms with Crippen LogP contribution in [0.3, 0.4) is 0 Å². The van der Waals surface area contributed by atoms with Crippen LogP contribution in [0.1, 0.15) is 41.6 Å². The zero-order valence-electron chi connectivity index (χ0n) is 22.9. The highest BCUT2D eigenvalue weighted by Crippen LogP contribution is 2.43.